The van der Waals surface area contributed by atoms with Gasteiger partial charge in [-0.05, 0) is 60.5 Å². The van der Waals surface area contributed by atoms with Crippen LogP contribution in [0, 0.1) is 13.8 Å². The van der Waals surface area contributed by atoms with E-state index in [1.165, 1.54) is 0 Å². The van der Waals surface area contributed by atoms with Crippen LogP contribution in [0.4, 0.5) is 0 Å². The molecule has 0 amide bonds. The molecule has 5 heteroatoms. The van der Waals surface area contributed by atoms with Crippen LogP contribution in [0.2, 0.25) is 0 Å². The van der Waals surface area contributed by atoms with Crippen molar-refractivity contribution in [2.75, 3.05) is 6.61 Å². The molecule has 2 rings (SSSR count). The zero-order valence-electron chi connectivity index (χ0n) is 11.6. The van der Waals surface area contributed by atoms with Crippen molar-refractivity contribution >= 4 is 32.8 Å². The number of benzene rings is 1. The van der Waals surface area contributed by atoms with Crippen LogP contribution >= 0.6 is 15.9 Å². The van der Waals surface area contributed by atoms with Crippen molar-refractivity contribution in [3.8, 4) is 0 Å². The number of halogens is 1. The number of carbonyl (C=O) groups is 1. The Kier molecular flexibility index (Phi) is 4.40. The quantitative estimate of drug-likeness (QED) is 0.873. The highest BCUT2D eigenvalue weighted by Gasteiger charge is 2.24. The standard InChI is InChI=1S/C15H16BrNO3/c1-4-20-15(19)14(18)12-8(2)7-11-10(13(12)16)6-5-9(3)17-11/h5-7,14,18H,4H2,1-3H3/t14-/m0/s1. The average Bonchev–Trinajstić information content (AvgIpc) is 2.38. The molecule has 0 saturated carbocycles. The van der Waals surface area contributed by atoms with Crippen molar-refractivity contribution in [1.29, 1.82) is 0 Å². The Bertz CT molecular complexity index is 670. The van der Waals surface area contributed by atoms with Crippen LogP contribution in [0.3, 0.4) is 0 Å². The number of ether oxygens (including phenoxy) is 1. The lowest BCUT2D eigenvalue weighted by atomic mass is 10.00. The van der Waals surface area contributed by atoms with E-state index in [-0.39, 0.29) is 6.61 Å². The summed E-state index contributed by atoms with van der Waals surface area (Å²) >= 11 is 3.47. The van der Waals surface area contributed by atoms with E-state index in [2.05, 4.69) is 20.9 Å². The third-order valence-corrected chi connectivity index (χ3v) is 3.95. The van der Waals surface area contributed by atoms with Crippen LogP contribution in [-0.4, -0.2) is 22.7 Å². The molecule has 4 nitrogen and oxygen atoms in total. The first-order valence-electron chi connectivity index (χ1n) is 6.36. The number of aliphatic hydroxyl groups is 1. The second kappa shape index (κ2) is 5.89. The van der Waals surface area contributed by atoms with E-state index in [9.17, 15) is 9.90 Å². The van der Waals surface area contributed by atoms with E-state index in [1.54, 1.807) is 6.92 Å². The van der Waals surface area contributed by atoms with Gasteiger partial charge in [0.15, 0.2) is 6.10 Å². The van der Waals surface area contributed by atoms with Crippen LogP contribution in [-0.2, 0) is 9.53 Å². The molecule has 0 fully saturated rings. The van der Waals surface area contributed by atoms with Gasteiger partial charge in [0.05, 0.1) is 12.1 Å². The second-order valence-electron chi connectivity index (χ2n) is 4.60. The summed E-state index contributed by atoms with van der Waals surface area (Å²) in [6.45, 7) is 5.70. The Morgan fingerprint density at radius 3 is 2.80 bits per heavy atom. The molecule has 0 bridgehead atoms. The molecule has 1 heterocycles. The summed E-state index contributed by atoms with van der Waals surface area (Å²) in [6, 6.07) is 5.68. The molecular formula is C15H16BrNO3. The number of nitrogens with zero attached hydrogens (tertiary/aromatic N) is 1. The highest BCUT2D eigenvalue weighted by atomic mass is 79.9. The topological polar surface area (TPSA) is 59.4 Å². The van der Waals surface area contributed by atoms with E-state index >= 15 is 0 Å². The van der Waals surface area contributed by atoms with Crippen molar-refractivity contribution in [1.82, 2.24) is 4.98 Å². The number of hydrogen-bond donors (Lipinski definition) is 1. The number of carbonyl (C=O) groups excluding carboxylic acids is 1. The van der Waals surface area contributed by atoms with Crippen LogP contribution in [0.5, 0.6) is 0 Å². The Labute approximate surface area is 125 Å². The van der Waals surface area contributed by atoms with Crippen LogP contribution in [0.15, 0.2) is 22.7 Å². The summed E-state index contributed by atoms with van der Waals surface area (Å²) in [5, 5.41) is 11.0. The minimum atomic E-state index is -1.30. The maximum absolute atomic E-state index is 11.7. The van der Waals surface area contributed by atoms with E-state index < -0.39 is 12.1 Å². The van der Waals surface area contributed by atoms with Crippen LogP contribution < -0.4 is 0 Å². The number of pyridine rings is 1. The van der Waals surface area contributed by atoms with Gasteiger partial charge in [-0.1, -0.05) is 0 Å². The monoisotopic (exact) mass is 337 g/mol. The van der Waals surface area contributed by atoms with Gasteiger partial charge in [-0.2, -0.15) is 0 Å². The molecule has 20 heavy (non-hydrogen) atoms. The Morgan fingerprint density at radius 1 is 1.45 bits per heavy atom. The third kappa shape index (κ3) is 2.69. The highest BCUT2D eigenvalue weighted by molar-refractivity contribution is 9.10. The molecule has 0 saturated heterocycles. The van der Waals surface area contributed by atoms with E-state index in [4.69, 9.17) is 4.74 Å². The van der Waals surface area contributed by atoms with Gasteiger partial charge in [0.1, 0.15) is 0 Å². The zero-order valence-corrected chi connectivity index (χ0v) is 13.2. The predicted molar refractivity (Wildman–Crippen MR) is 80.5 cm³/mol. The molecule has 0 aliphatic heterocycles. The van der Waals surface area contributed by atoms with Crippen molar-refractivity contribution in [3.63, 3.8) is 0 Å². The fraction of sp³-hybridized carbons (Fsp3) is 0.333. The minimum absolute atomic E-state index is 0.237. The van der Waals surface area contributed by atoms with Crippen LogP contribution in [0.1, 0.15) is 29.8 Å². The summed E-state index contributed by atoms with van der Waals surface area (Å²) in [5.74, 6) is -0.643. The molecule has 0 radical (unpaired) electrons. The molecule has 1 atom stereocenters. The molecule has 2 aromatic rings. The van der Waals surface area contributed by atoms with Gasteiger partial charge < -0.3 is 9.84 Å². The number of fused-ring (bicyclic) bond motifs is 1. The van der Waals surface area contributed by atoms with Crippen molar-refractivity contribution in [2.24, 2.45) is 0 Å². The fourth-order valence-corrected chi connectivity index (χ4v) is 3.01. The number of esters is 1. The first-order chi connectivity index (χ1) is 9.45. The smallest absolute Gasteiger partial charge is 0.339 e. The number of rotatable bonds is 3. The summed E-state index contributed by atoms with van der Waals surface area (Å²) in [6.07, 6.45) is -1.30. The summed E-state index contributed by atoms with van der Waals surface area (Å²) in [7, 11) is 0. The van der Waals surface area contributed by atoms with Gasteiger partial charge in [0.2, 0.25) is 0 Å². The lowest BCUT2D eigenvalue weighted by molar-refractivity contribution is -0.153. The highest BCUT2D eigenvalue weighted by Crippen LogP contribution is 2.34. The molecule has 0 aliphatic rings. The lowest BCUT2D eigenvalue weighted by Gasteiger charge is -2.16. The Balaban J connectivity index is 2.59. The summed E-state index contributed by atoms with van der Waals surface area (Å²) in [5.41, 5.74) is 3.07. The predicted octanol–water partition coefficient (Wildman–Crippen LogP) is 3.21. The Morgan fingerprint density at radius 2 is 2.15 bits per heavy atom. The molecule has 1 aromatic carbocycles. The maximum Gasteiger partial charge on any atom is 0.339 e. The molecule has 0 aliphatic carbocycles. The van der Waals surface area contributed by atoms with Gasteiger partial charge in [-0.15, -0.1) is 0 Å². The van der Waals surface area contributed by atoms with Gasteiger partial charge in [0, 0.05) is 21.1 Å². The molecule has 0 unspecified atom stereocenters. The number of aromatic nitrogens is 1. The Hall–Kier alpha value is -1.46. The normalized spacial score (nSPS) is 12.4. The van der Waals surface area contributed by atoms with Crippen molar-refractivity contribution < 1.29 is 14.6 Å². The molecular weight excluding hydrogens is 322 g/mol. The first kappa shape index (κ1) is 14.9. The first-order valence-corrected chi connectivity index (χ1v) is 7.16. The SMILES string of the molecule is CCOC(=O)[C@@H](O)c1c(C)cc2nc(C)ccc2c1Br. The number of hydrogen-bond acceptors (Lipinski definition) is 4. The fourth-order valence-electron chi connectivity index (χ4n) is 2.15. The zero-order chi connectivity index (χ0) is 14.9. The van der Waals surface area contributed by atoms with Gasteiger partial charge in [-0.3, -0.25) is 4.98 Å². The molecule has 106 valence electrons. The molecule has 0 spiro atoms. The minimum Gasteiger partial charge on any atom is -0.464 e. The van der Waals surface area contributed by atoms with Crippen molar-refractivity contribution in [3.05, 3.63) is 39.5 Å². The van der Waals surface area contributed by atoms with Crippen LogP contribution in [0.25, 0.3) is 10.9 Å². The van der Waals surface area contributed by atoms with Gasteiger partial charge >= 0.3 is 5.97 Å². The largest absolute Gasteiger partial charge is 0.464 e. The summed E-state index contributed by atoms with van der Waals surface area (Å²) < 4.78 is 5.55. The third-order valence-electron chi connectivity index (χ3n) is 3.10. The van der Waals surface area contributed by atoms with E-state index in [0.29, 0.717) is 10.0 Å². The lowest BCUT2D eigenvalue weighted by Crippen LogP contribution is -2.17. The van der Waals surface area contributed by atoms with E-state index in [0.717, 1.165) is 22.2 Å². The number of aryl methyl sites for hydroxylation is 2. The summed E-state index contributed by atoms with van der Waals surface area (Å²) in [4.78, 5) is 16.2. The molecule has 1 N–H and O–H groups in total. The average molecular weight is 338 g/mol. The van der Waals surface area contributed by atoms with Gasteiger partial charge in [-0.25, -0.2) is 4.79 Å². The van der Waals surface area contributed by atoms with Crippen molar-refractivity contribution in [2.45, 2.75) is 26.9 Å². The molecule has 1 aromatic heterocycles. The van der Waals surface area contributed by atoms with E-state index in [1.807, 2.05) is 32.0 Å². The number of aliphatic hydroxyl groups excluding tert-OH is 1. The van der Waals surface area contributed by atoms with Gasteiger partial charge in [0.25, 0.3) is 0 Å². The second-order valence-corrected chi connectivity index (χ2v) is 5.39. The maximum atomic E-state index is 11.7.